The Morgan fingerprint density at radius 1 is 1.39 bits per heavy atom. The van der Waals surface area contributed by atoms with Crippen molar-refractivity contribution < 1.29 is 9.53 Å². The van der Waals surface area contributed by atoms with E-state index >= 15 is 0 Å². The van der Waals surface area contributed by atoms with Gasteiger partial charge in [0, 0.05) is 7.05 Å². The van der Waals surface area contributed by atoms with E-state index in [1.165, 1.54) is 12.0 Å². The van der Waals surface area contributed by atoms with Gasteiger partial charge in [-0.2, -0.15) is 0 Å². The monoisotopic (exact) mass is 248 g/mol. The molecule has 1 heterocycles. The molecule has 0 spiro atoms. The van der Waals surface area contributed by atoms with Gasteiger partial charge in [-0.15, -0.1) is 0 Å². The number of carbonyl (C=O) groups excluding carboxylic acids is 1. The second-order valence-corrected chi connectivity index (χ2v) is 4.60. The van der Waals surface area contributed by atoms with Crippen LogP contribution < -0.4 is 15.0 Å². The van der Waals surface area contributed by atoms with Crippen LogP contribution in [0.25, 0.3) is 0 Å². The molecule has 18 heavy (non-hydrogen) atoms. The number of likely N-dealkylation sites (N-methyl/N-ethyl adjacent to an activating group) is 1. The summed E-state index contributed by atoms with van der Waals surface area (Å²) in [6, 6.07) is 6.11. The molecule has 0 saturated carbocycles. The molecule has 0 aliphatic carbocycles. The largest absolute Gasteiger partial charge is 0.482 e. The molecule has 0 aromatic heterocycles. The summed E-state index contributed by atoms with van der Waals surface area (Å²) in [5.74, 6) is 0.826. The van der Waals surface area contributed by atoms with Gasteiger partial charge in [0.1, 0.15) is 5.75 Å². The zero-order valence-electron chi connectivity index (χ0n) is 11.0. The maximum absolute atomic E-state index is 11.5. The van der Waals surface area contributed by atoms with E-state index < -0.39 is 0 Å². The zero-order chi connectivity index (χ0) is 13.0. The van der Waals surface area contributed by atoms with Crippen LogP contribution in [0.15, 0.2) is 18.2 Å². The van der Waals surface area contributed by atoms with Crippen molar-refractivity contribution in [2.75, 3.05) is 32.1 Å². The van der Waals surface area contributed by atoms with Gasteiger partial charge in [-0.1, -0.05) is 6.07 Å². The van der Waals surface area contributed by atoms with Crippen molar-refractivity contribution in [3.8, 4) is 5.75 Å². The molecule has 4 nitrogen and oxygen atoms in total. The molecule has 98 valence electrons. The number of nitrogens with zero attached hydrogens (tertiary/aromatic N) is 1. The number of hydrogen-bond acceptors (Lipinski definition) is 3. The first-order chi connectivity index (χ1) is 8.72. The zero-order valence-corrected chi connectivity index (χ0v) is 11.0. The quantitative estimate of drug-likeness (QED) is 0.804. The minimum absolute atomic E-state index is 0.00395. The van der Waals surface area contributed by atoms with Gasteiger partial charge >= 0.3 is 0 Å². The molecule has 1 aliphatic rings. The fraction of sp³-hybridized carbons (Fsp3) is 0.500. The topological polar surface area (TPSA) is 41.6 Å². The van der Waals surface area contributed by atoms with Crippen LogP contribution in [-0.4, -0.2) is 33.2 Å². The number of hydrogen-bond donors (Lipinski definition) is 1. The Hall–Kier alpha value is -1.55. The molecule has 1 N–H and O–H groups in total. The Labute approximate surface area is 108 Å². The lowest BCUT2D eigenvalue weighted by molar-refractivity contribution is -0.120. The van der Waals surface area contributed by atoms with Crippen LogP contribution in [0.1, 0.15) is 18.4 Å². The van der Waals surface area contributed by atoms with Crippen molar-refractivity contribution in [1.82, 2.24) is 5.32 Å². The molecule has 1 aliphatic heterocycles. The number of benzene rings is 1. The maximum Gasteiger partial charge on any atom is 0.264 e. The number of rotatable bonds is 5. The predicted octanol–water partition coefficient (Wildman–Crippen LogP) is 1.58. The van der Waals surface area contributed by atoms with Crippen molar-refractivity contribution in [2.45, 2.75) is 19.3 Å². The van der Waals surface area contributed by atoms with Gasteiger partial charge in [-0.25, -0.2) is 0 Å². The number of ether oxygens (including phenoxy) is 1. The van der Waals surface area contributed by atoms with Crippen LogP contribution in [0.3, 0.4) is 0 Å². The summed E-state index contributed by atoms with van der Waals surface area (Å²) < 4.78 is 5.47. The summed E-state index contributed by atoms with van der Waals surface area (Å²) in [5.41, 5.74) is 2.14. The maximum atomic E-state index is 11.5. The summed E-state index contributed by atoms with van der Waals surface area (Å²) in [6.45, 7) is 1.20. The lowest BCUT2D eigenvalue weighted by Crippen LogP contribution is -2.35. The number of aryl methyl sites for hydroxylation is 1. The van der Waals surface area contributed by atoms with Crippen molar-refractivity contribution in [3.05, 3.63) is 23.8 Å². The molecule has 0 saturated heterocycles. The molecule has 0 fully saturated rings. The number of unbranched alkanes of at least 4 members (excludes halogenated alkanes) is 1. The number of anilines is 1. The van der Waals surface area contributed by atoms with Crippen molar-refractivity contribution in [3.63, 3.8) is 0 Å². The third-order valence-electron chi connectivity index (χ3n) is 3.25. The van der Waals surface area contributed by atoms with E-state index in [0.717, 1.165) is 30.8 Å². The molecule has 1 aromatic carbocycles. The van der Waals surface area contributed by atoms with Crippen LogP contribution in [0.5, 0.6) is 5.75 Å². The molecular weight excluding hydrogens is 228 g/mol. The highest BCUT2D eigenvalue weighted by atomic mass is 16.5. The second-order valence-electron chi connectivity index (χ2n) is 4.60. The van der Waals surface area contributed by atoms with E-state index in [2.05, 4.69) is 17.4 Å². The molecular formula is C14H20N2O2. The Kier molecular flexibility index (Phi) is 4.20. The van der Waals surface area contributed by atoms with Crippen LogP contribution in [0.2, 0.25) is 0 Å². The van der Waals surface area contributed by atoms with Crippen LogP contribution in [0.4, 0.5) is 5.69 Å². The van der Waals surface area contributed by atoms with E-state index in [4.69, 9.17) is 4.74 Å². The lowest BCUT2D eigenvalue weighted by atomic mass is 10.1. The number of nitrogens with one attached hydrogen (secondary N) is 1. The highest BCUT2D eigenvalue weighted by Crippen LogP contribution is 2.32. The third kappa shape index (κ3) is 2.82. The molecule has 0 atom stereocenters. The smallest absolute Gasteiger partial charge is 0.264 e. The average molecular weight is 248 g/mol. The van der Waals surface area contributed by atoms with Gasteiger partial charge in [0.25, 0.3) is 5.91 Å². The Balaban J connectivity index is 2.01. The van der Waals surface area contributed by atoms with Crippen LogP contribution >= 0.6 is 0 Å². The third-order valence-corrected chi connectivity index (χ3v) is 3.25. The van der Waals surface area contributed by atoms with Crippen LogP contribution in [0, 0.1) is 0 Å². The van der Waals surface area contributed by atoms with Crippen molar-refractivity contribution in [1.29, 1.82) is 0 Å². The summed E-state index contributed by atoms with van der Waals surface area (Å²) in [6.07, 6.45) is 3.39. The summed E-state index contributed by atoms with van der Waals surface area (Å²) in [7, 11) is 3.76. The first kappa shape index (κ1) is 12.9. The molecule has 1 aromatic rings. The van der Waals surface area contributed by atoms with Gasteiger partial charge in [0.2, 0.25) is 0 Å². The van der Waals surface area contributed by atoms with E-state index in [1.807, 2.05) is 13.1 Å². The van der Waals surface area contributed by atoms with Gasteiger partial charge in [-0.3, -0.25) is 4.79 Å². The minimum Gasteiger partial charge on any atom is -0.482 e. The van der Waals surface area contributed by atoms with Crippen molar-refractivity contribution in [2.24, 2.45) is 0 Å². The molecule has 1 amide bonds. The Morgan fingerprint density at radius 2 is 2.22 bits per heavy atom. The normalized spacial score (nSPS) is 14.3. The number of amides is 1. The van der Waals surface area contributed by atoms with E-state index in [0.29, 0.717) is 0 Å². The lowest BCUT2D eigenvalue weighted by Gasteiger charge is -2.26. The van der Waals surface area contributed by atoms with Crippen LogP contribution in [-0.2, 0) is 11.2 Å². The molecule has 0 unspecified atom stereocenters. The highest BCUT2D eigenvalue weighted by Gasteiger charge is 2.21. The number of carbonyl (C=O) groups is 1. The van der Waals surface area contributed by atoms with Gasteiger partial charge in [0.05, 0.1) is 5.69 Å². The van der Waals surface area contributed by atoms with Crippen molar-refractivity contribution >= 4 is 11.6 Å². The number of fused-ring (bicyclic) bond motifs is 1. The Bertz CT molecular complexity index is 432. The second kappa shape index (κ2) is 5.87. The fourth-order valence-corrected chi connectivity index (χ4v) is 2.11. The highest BCUT2D eigenvalue weighted by molar-refractivity contribution is 5.97. The summed E-state index contributed by atoms with van der Waals surface area (Å²) in [4.78, 5) is 13.1. The average Bonchev–Trinajstić information content (AvgIpc) is 2.39. The standard InChI is InChI=1S/C14H20N2O2/c1-15-8-4-3-5-11-6-7-12-13(9-11)18-10-14(17)16(12)2/h6-7,9,15H,3-5,8,10H2,1-2H3. The van der Waals surface area contributed by atoms with E-state index in [9.17, 15) is 4.79 Å². The molecule has 2 rings (SSSR count). The minimum atomic E-state index is 0.00395. The molecule has 0 radical (unpaired) electrons. The van der Waals surface area contributed by atoms with E-state index in [-0.39, 0.29) is 12.5 Å². The molecule has 4 heteroatoms. The molecule has 0 bridgehead atoms. The Morgan fingerprint density at radius 3 is 3.00 bits per heavy atom. The fourth-order valence-electron chi connectivity index (χ4n) is 2.11. The van der Waals surface area contributed by atoms with Gasteiger partial charge in [0.15, 0.2) is 6.61 Å². The first-order valence-corrected chi connectivity index (χ1v) is 6.39. The van der Waals surface area contributed by atoms with Gasteiger partial charge < -0.3 is 15.0 Å². The van der Waals surface area contributed by atoms with E-state index in [1.54, 1.807) is 11.9 Å². The first-order valence-electron chi connectivity index (χ1n) is 6.39. The van der Waals surface area contributed by atoms with Gasteiger partial charge in [-0.05, 0) is 50.6 Å². The summed E-state index contributed by atoms with van der Waals surface area (Å²) in [5, 5.41) is 3.15. The SMILES string of the molecule is CNCCCCc1ccc2c(c1)OCC(=O)N2C. The predicted molar refractivity (Wildman–Crippen MR) is 72.2 cm³/mol. The summed E-state index contributed by atoms with van der Waals surface area (Å²) >= 11 is 0.